The molecule has 0 saturated carbocycles. The molecule has 136 valence electrons. The van der Waals surface area contributed by atoms with E-state index in [-0.39, 0.29) is 5.91 Å². The molecule has 25 heavy (non-hydrogen) atoms. The second-order valence-electron chi connectivity index (χ2n) is 5.97. The van der Waals surface area contributed by atoms with Gasteiger partial charge in [0.15, 0.2) is 0 Å². The van der Waals surface area contributed by atoms with E-state index >= 15 is 0 Å². The summed E-state index contributed by atoms with van der Waals surface area (Å²) in [5.41, 5.74) is 1.44. The molecule has 1 amide bonds. The number of nitrogens with zero attached hydrogens (tertiary/aromatic N) is 2. The summed E-state index contributed by atoms with van der Waals surface area (Å²) in [6, 6.07) is 3.33. The third-order valence-electron chi connectivity index (χ3n) is 4.44. The third kappa shape index (κ3) is 3.42. The third-order valence-corrected chi connectivity index (χ3v) is 8.43. The van der Waals surface area contributed by atoms with Crippen LogP contribution >= 0.6 is 27.3 Å². The van der Waals surface area contributed by atoms with Gasteiger partial charge in [0.1, 0.15) is 15.7 Å². The quantitative estimate of drug-likeness (QED) is 0.725. The first-order chi connectivity index (χ1) is 11.7. The van der Waals surface area contributed by atoms with Crippen LogP contribution in [-0.2, 0) is 10.0 Å². The Labute approximate surface area is 159 Å². The summed E-state index contributed by atoms with van der Waals surface area (Å²) in [5.74, 6) is 1.26. The molecule has 1 fully saturated rings. The van der Waals surface area contributed by atoms with Crippen molar-refractivity contribution in [1.82, 2.24) is 9.21 Å². The Morgan fingerprint density at radius 1 is 1.12 bits per heavy atom. The van der Waals surface area contributed by atoms with E-state index in [1.807, 2.05) is 13.8 Å². The molecule has 9 heteroatoms. The number of hydrogen-bond donors (Lipinski definition) is 0. The Morgan fingerprint density at radius 2 is 1.76 bits per heavy atom. The van der Waals surface area contributed by atoms with E-state index in [1.54, 1.807) is 24.0 Å². The molecule has 1 saturated heterocycles. The van der Waals surface area contributed by atoms with Crippen LogP contribution in [0.25, 0.3) is 0 Å². The Balaban J connectivity index is 1.72. The van der Waals surface area contributed by atoms with Crippen molar-refractivity contribution in [3.63, 3.8) is 0 Å². The van der Waals surface area contributed by atoms with E-state index in [4.69, 9.17) is 4.42 Å². The second kappa shape index (κ2) is 6.86. The van der Waals surface area contributed by atoms with E-state index in [0.29, 0.717) is 41.7 Å². The lowest BCUT2D eigenvalue weighted by atomic mass is 10.1. The lowest BCUT2D eigenvalue weighted by molar-refractivity contribution is 0.0695. The summed E-state index contributed by atoms with van der Waals surface area (Å²) in [5, 5.41) is 0. The van der Waals surface area contributed by atoms with Gasteiger partial charge in [-0.2, -0.15) is 4.31 Å². The van der Waals surface area contributed by atoms with Gasteiger partial charge in [0.25, 0.3) is 15.9 Å². The molecule has 2 aromatic rings. The van der Waals surface area contributed by atoms with Crippen LogP contribution < -0.4 is 0 Å². The maximum absolute atomic E-state index is 12.8. The van der Waals surface area contributed by atoms with Crippen molar-refractivity contribution in [3.8, 4) is 0 Å². The summed E-state index contributed by atoms with van der Waals surface area (Å²) in [4.78, 5) is 14.5. The van der Waals surface area contributed by atoms with Crippen molar-refractivity contribution in [2.45, 2.75) is 25.0 Å². The number of carbonyl (C=O) groups excluding carboxylic acids is 1. The van der Waals surface area contributed by atoms with Gasteiger partial charge in [0.2, 0.25) is 0 Å². The standard InChI is InChI=1S/C16H19BrN2O4S2/c1-10-11(2)23-12(3)15(10)16(20)18-6-8-19(9-7-18)25(21,22)14-5-4-13(17)24-14/h4-5H,6-9H2,1-3H3. The number of thiophene rings is 1. The summed E-state index contributed by atoms with van der Waals surface area (Å²) in [6.07, 6.45) is 0. The van der Waals surface area contributed by atoms with Crippen molar-refractivity contribution in [2.75, 3.05) is 26.2 Å². The first-order valence-corrected chi connectivity index (χ1v) is 10.9. The highest BCUT2D eigenvalue weighted by Crippen LogP contribution is 2.29. The SMILES string of the molecule is Cc1oc(C)c(C(=O)N2CCN(S(=O)(=O)c3ccc(Br)s3)CC2)c1C. The van der Waals surface area contributed by atoms with Crippen LogP contribution in [0.2, 0.25) is 0 Å². The van der Waals surface area contributed by atoms with Crippen molar-refractivity contribution < 1.29 is 17.6 Å². The summed E-state index contributed by atoms with van der Waals surface area (Å²) >= 11 is 4.49. The number of halogens is 1. The molecule has 0 N–H and O–H groups in total. The van der Waals surface area contributed by atoms with Gasteiger partial charge in [0, 0.05) is 31.7 Å². The molecule has 0 atom stereocenters. The molecule has 3 rings (SSSR count). The van der Waals surface area contributed by atoms with Crippen LogP contribution in [0.15, 0.2) is 24.5 Å². The van der Waals surface area contributed by atoms with Gasteiger partial charge in [-0.3, -0.25) is 4.79 Å². The topological polar surface area (TPSA) is 70.8 Å². The molecular weight excluding hydrogens is 428 g/mol. The number of aryl methyl sites for hydroxylation is 2. The van der Waals surface area contributed by atoms with Crippen LogP contribution in [0, 0.1) is 20.8 Å². The highest BCUT2D eigenvalue weighted by Gasteiger charge is 2.32. The smallest absolute Gasteiger partial charge is 0.257 e. The van der Waals surface area contributed by atoms with Crippen LogP contribution in [0.4, 0.5) is 0 Å². The molecule has 6 nitrogen and oxygen atoms in total. The number of hydrogen-bond acceptors (Lipinski definition) is 5. The number of carbonyl (C=O) groups is 1. The minimum absolute atomic E-state index is 0.0947. The monoisotopic (exact) mass is 446 g/mol. The van der Waals surface area contributed by atoms with Crippen molar-refractivity contribution in [1.29, 1.82) is 0 Å². The fraction of sp³-hybridized carbons (Fsp3) is 0.438. The lowest BCUT2D eigenvalue weighted by Gasteiger charge is -2.33. The van der Waals surface area contributed by atoms with Gasteiger partial charge in [-0.15, -0.1) is 11.3 Å². The Kier molecular flexibility index (Phi) is 5.11. The van der Waals surface area contributed by atoms with E-state index in [0.717, 1.165) is 15.1 Å². The highest BCUT2D eigenvalue weighted by atomic mass is 79.9. The van der Waals surface area contributed by atoms with Crippen LogP contribution in [0.5, 0.6) is 0 Å². The molecule has 0 aliphatic carbocycles. The zero-order valence-corrected chi connectivity index (χ0v) is 17.4. The number of sulfonamides is 1. The number of amides is 1. The maximum Gasteiger partial charge on any atom is 0.257 e. The average molecular weight is 447 g/mol. The molecule has 3 heterocycles. The zero-order chi connectivity index (χ0) is 18.4. The van der Waals surface area contributed by atoms with Gasteiger partial charge in [-0.1, -0.05) is 0 Å². The van der Waals surface area contributed by atoms with Gasteiger partial charge >= 0.3 is 0 Å². The van der Waals surface area contributed by atoms with E-state index < -0.39 is 10.0 Å². The van der Waals surface area contributed by atoms with Crippen LogP contribution in [0.3, 0.4) is 0 Å². The van der Waals surface area contributed by atoms with Gasteiger partial charge in [0.05, 0.1) is 9.35 Å². The molecule has 0 aromatic carbocycles. The molecule has 0 unspecified atom stereocenters. The minimum atomic E-state index is -3.50. The van der Waals surface area contributed by atoms with Crippen molar-refractivity contribution in [3.05, 3.63) is 38.6 Å². The summed E-state index contributed by atoms with van der Waals surface area (Å²) < 4.78 is 33.4. The van der Waals surface area contributed by atoms with Crippen molar-refractivity contribution in [2.24, 2.45) is 0 Å². The largest absolute Gasteiger partial charge is 0.466 e. The fourth-order valence-electron chi connectivity index (χ4n) is 2.96. The highest BCUT2D eigenvalue weighted by molar-refractivity contribution is 9.11. The van der Waals surface area contributed by atoms with Gasteiger partial charge in [-0.05, 0) is 48.8 Å². The first kappa shape index (κ1) is 18.6. The van der Waals surface area contributed by atoms with E-state index in [9.17, 15) is 13.2 Å². The Morgan fingerprint density at radius 3 is 2.24 bits per heavy atom. The first-order valence-electron chi connectivity index (χ1n) is 7.83. The van der Waals surface area contributed by atoms with Crippen LogP contribution in [0.1, 0.15) is 27.4 Å². The molecule has 1 aliphatic rings. The normalized spacial score (nSPS) is 16.4. The van der Waals surface area contributed by atoms with E-state index in [2.05, 4.69) is 15.9 Å². The summed E-state index contributed by atoms with van der Waals surface area (Å²) in [7, 11) is -3.50. The second-order valence-corrected chi connectivity index (χ2v) is 10.6. The molecular formula is C16H19BrN2O4S2. The minimum Gasteiger partial charge on any atom is -0.466 e. The number of furan rings is 1. The van der Waals surface area contributed by atoms with Crippen LogP contribution in [-0.4, -0.2) is 49.7 Å². The predicted octanol–water partition coefficient (Wildman–Crippen LogP) is 3.18. The van der Waals surface area contributed by atoms with Gasteiger partial charge in [-0.25, -0.2) is 8.42 Å². The predicted molar refractivity (Wildman–Crippen MR) is 99.6 cm³/mol. The summed E-state index contributed by atoms with van der Waals surface area (Å²) in [6.45, 7) is 6.80. The van der Waals surface area contributed by atoms with Gasteiger partial charge < -0.3 is 9.32 Å². The Bertz CT molecular complexity index is 909. The zero-order valence-electron chi connectivity index (χ0n) is 14.2. The number of rotatable bonds is 3. The fourth-order valence-corrected chi connectivity index (χ4v) is 6.55. The molecule has 0 bridgehead atoms. The van der Waals surface area contributed by atoms with E-state index in [1.165, 1.54) is 15.6 Å². The molecule has 2 aromatic heterocycles. The Hall–Kier alpha value is -1.16. The molecule has 1 aliphatic heterocycles. The maximum atomic E-state index is 12.8. The number of piperazine rings is 1. The average Bonchev–Trinajstić information content (AvgIpc) is 3.11. The lowest BCUT2D eigenvalue weighted by Crippen LogP contribution is -2.50. The molecule has 0 spiro atoms. The molecule has 0 radical (unpaired) electrons. The van der Waals surface area contributed by atoms with Crippen molar-refractivity contribution >= 4 is 43.2 Å².